The fraction of sp³-hybridized carbons (Fsp3) is 0.357. The highest BCUT2D eigenvalue weighted by Crippen LogP contribution is 2.23. The van der Waals surface area contributed by atoms with Crippen molar-refractivity contribution in [3.63, 3.8) is 0 Å². The van der Waals surface area contributed by atoms with Crippen molar-refractivity contribution < 1.29 is 9.18 Å². The van der Waals surface area contributed by atoms with Crippen LogP contribution in [0.1, 0.15) is 12.0 Å². The normalized spacial score (nSPS) is 18.8. The van der Waals surface area contributed by atoms with Gasteiger partial charge in [0.05, 0.1) is 5.52 Å². The number of halogens is 1. The summed E-state index contributed by atoms with van der Waals surface area (Å²) in [4.78, 5) is 22.0. The Hall–Kier alpha value is -2.24. The van der Waals surface area contributed by atoms with Crippen LogP contribution in [0.15, 0.2) is 24.5 Å². The molecule has 0 saturated carbocycles. The van der Waals surface area contributed by atoms with Gasteiger partial charge in [0, 0.05) is 19.0 Å². The van der Waals surface area contributed by atoms with Crippen molar-refractivity contribution >= 4 is 22.6 Å². The summed E-state index contributed by atoms with van der Waals surface area (Å²) in [5.74, 6) is 0.636. The monoisotopic (exact) mass is 274 g/mol. The minimum absolute atomic E-state index is 0.0541. The summed E-state index contributed by atoms with van der Waals surface area (Å²) in [5.41, 5.74) is 1.31. The standard InChI is InChI=1S/C14H15FN4O/c1-19-5-4-12(14(19)20)18-13-10-6-9(7-15)2-3-11(10)16-8-17-13/h2-3,6,8,12H,4-5,7H2,1H3,(H,16,17,18)/t12-/m0/s1. The van der Waals surface area contributed by atoms with Crippen molar-refractivity contribution in [3.05, 3.63) is 30.1 Å². The van der Waals surface area contributed by atoms with Gasteiger partial charge < -0.3 is 10.2 Å². The number of nitrogens with one attached hydrogen (secondary N) is 1. The van der Waals surface area contributed by atoms with Gasteiger partial charge in [0.25, 0.3) is 0 Å². The number of aromatic nitrogens is 2. The van der Waals surface area contributed by atoms with Gasteiger partial charge in [-0.05, 0) is 24.1 Å². The van der Waals surface area contributed by atoms with E-state index in [1.54, 1.807) is 30.1 Å². The summed E-state index contributed by atoms with van der Waals surface area (Å²) in [6, 6.07) is 4.92. The predicted octanol–water partition coefficient (Wildman–Crippen LogP) is 1.74. The molecule has 3 rings (SSSR count). The molecule has 1 aromatic carbocycles. The van der Waals surface area contributed by atoms with Gasteiger partial charge in [0.1, 0.15) is 24.9 Å². The molecule has 0 aliphatic carbocycles. The number of nitrogens with zero attached hydrogens (tertiary/aromatic N) is 3. The van der Waals surface area contributed by atoms with Crippen molar-refractivity contribution in [2.75, 3.05) is 18.9 Å². The first-order valence-corrected chi connectivity index (χ1v) is 6.50. The second-order valence-corrected chi connectivity index (χ2v) is 4.95. The topological polar surface area (TPSA) is 58.1 Å². The molecule has 1 aliphatic rings. The molecule has 6 heteroatoms. The lowest BCUT2D eigenvalue weighted by Gasteiger charge is -2.14. The third kappa shape index (κ3) is 2.17. The van der Waals surface area contributed by atoms with Gasteiger partial charge in [-0.15, -0.1) is 0 Å². The van der Waals surface area contributed by atoms with Gasteiger partial charge in [-0.1, -0.05) is 6.07 Å². The van der Waals surface area contributed by atoms with Crippen LogP contribution in [0.2, 0.25) is 0 Å². The third-order valence-corrected chi connectivity index (χ3v) is 3.59. The highest BCUT2D eigenvalue weighted by Gasteiger charge is 2.29. The lowest BCUT2D eigenvalue weighted by molar-refractivity contribution is -0.127. The molecule has 1 N–H and O–H groups in total. The fourth-order valence-corrected chi connectivity index (χ4v) is 2.42. The van der Waals surface area contributed by atoms with Gasteiger partial charge >= 0.3 is 0 Å². The first kappa shape index (κ1) is 12.8. The lowest BCUT2D eigenvalue weighted by Crippen LogP contribution is -2.31. The minimum Gasteiger partial charge on any atom is -0.358 e. The summed E-state index contributed by atoms with van der Waals surface area (Å²) >= 11 is 0. The van der Waals surface area contributed by atoms with Crippen LogP contribution in [0.25, 0.3) is 10.9 Å². The number of alkyl halides is 1. The Bertz CT molecular complexity index is 661. The third-order valence-electron chi connectivity index (χ3n) is 3.59. The Morgan fingerprint density at radius 3 is 3.00 bits per heavy atom. The Labute approximate surface area is 115 Å². The average molecular weight is 274 g/mol. The molecule has 1 amide bonds. The van der Waals surface area contributed by atoms with Gasteiger partial charge in [-0.25, -0.2) is 14.4 Å². The number of carbonyl (C=O) groups is 1. The molecule has 1 aromatic heterocycles. The largest absolute Gasteiger partial charge is 0.358 e. The van der Waals surface area contributed by atoms with Crippen LogP contribution in [0.5, 0.6) is 0 Å². The number of carbonyl (C=O) groups excluding carboxylic acids is 1. The van der Waals surface area contributed by atoms with E-state index < -0.39 is 6.67 Å². The molecule has 2 aromatic rings. The number of likely N-dealkylation sites (N-methyl/N-ethyl adjacent to an activating group) is 1. The molecular weight excluding hydrogens is 259 g/mol. The number of hydrogen-bond donors (Lipinski definition) is 1. The molecule has 20 heavy (non-hydrogen) atoms. The number of anilines is 1. The van der Waals surface area contributed by atoms with Crippen LogP contribution in [0, 0.1) is 0 Å². The van der Waals surface area contributed by atoms with E-state index in [9.17, 15) is 9.18 Å². The molecule has 1 aliphatic heterocycles. The Kier molecular flexibility index (Phi) is 3.22. The van der Waals surface area contributed by atoms with Crippen LogP contribution in [-0.4, -0.2) is 40.4 Å². The lowest BCUT2D eigenvalue weighted by atomic mass is 10.1. The highest BCUT2D eigenvalue weighted by molar-refractivity contribution is 5.93. The maximum Gasteiger partial charge on any atom is 0.244 e. The van der Waals surface area contributed by atoms with Gasteiger partial charge in [-0.2, -0.15) is 0 Å². The molecule has 5 nitrogen and oxygen atoms in total. The SMILES string of the molecule is CN1CC[C@H](Nc2ncnc3ccc(CF)cc23)C1=O. The quantitative estimate of drug-likeness (QED) is 0.926. The zero-order valence-electron chi connectivity index (χ0n) is 11.1. The van der Waals surface area contributed by atoms with E-state index in [1.807, 2.05) is 0 Å². The summed E-state index contributed by atoms with van der Waals surface area (Å²) < 4.78 is 12.8. The second-order valence-electron chi connectivity index (χ2n) is 4.95. The van der Waals surface area contributed by atoms with Gasteiger partial charge in [0.2, 0.25) is 5.91 Å². The van der Waals surface area contributed by atoms with E-state index in [-0.39, 0.29) is 11.9 Å². The number of hydrogen-bond acceptors (Lipinski definition) is 4. The Morgan fingerprint density at radius 1 is 1.45 bits per heavy atom. The minimum atomic E-state index is -0.532. The smallest absolute Gasteiger partial charge is 0.244 e. The summed E-state index contributed by atoms with van der Waals surface area (Å²) in [5, 5.41) is 3.89. The van der Waals surface area contributed by atoms with Crippen molar-refractivity contribution in [2.45, 2.75) is 19.1 Å². The van der Waals surface area contributed by atoms with E-state index in [0.29, 0.717) is 11.4 Å². The molecule has 2 heterocycles. The molecule has 1 atom stereocenters. The molecule has 104 valence electrons. The molecule has 0 bridgehead atoms. The summed E-state index contributed by atoms with van der Waals surface area (Å²) in [6.07, 6.45) is 2.19. The maximum absolute atomic E-state index is 12.8. The number of rotatable bonds is 3. The summed E-state index contributed by atoms with van der Waals surface area (Å²) in [6.45, 7) is 0.199. The van der Waals surface area contributed by atoms with E-state index in [2.05, 4.69) is 15.3 Å². The molecule has 0 spiro atoms. The number of fused-ring (bicyclic) bond motifs is 1. The van der Waals surface area contributed by atoms with Gasteiger partial charge in [-0.3, -0.25) is 4.79 Å². The van der Waals surface area contributed by atoms with Crippen LogP contribution < -0.4 is 5.32 Å². The van der Waals surface area contributed by atoms with Crippen molar-refractivity contribution in [1.29, 1.82) is 0 Å². The van der Waals surface area contributed by atoms with E-state index in [4.69, 9.17) is 0 Å². The predicted molar refractivity (Wildman–Crippen MR) is 74.0 cm³/mol. The number of likely N-dealkylation sites (tertiary alicyclic amines) is 1. The van der Waals surface area contributed by atoms with Crippen LogP contribution in [0.4, 0.5) is 10.2 Å². The molecular formula is C14H15FN4O. The van der Waals surface area contributed by atoms with Crippen LogP contribution >= 0.6 is 0 Å². The zero-order valence-corrected chi connectivity index (χ0v) is 11.1. The van der Waals surface area contributed by atoms with Crippen molar-refractivity contribution in [2.24, 2.45) is 0 Å². The highest BCUT2D eigenvalue weighted by atomic mass is 19.1. The Balaban J connectivity index is 1.96. The van der Waals surface area contributed by atoms with E-state index in [0.717, 1.165) is 23.9 Å². The molecule has 0 unspecified atom stereocenters. The molecule has 1 saturated heterocycles. The number of amides is 1. The Morgan fingerprint density at radius 2 is 2.30 bits per heavy atom. The van der Waals surface area contributed by atoms with Crippen molar-refractivity contribution in [3.8, 4) is 0 Å². The van der Waals surface area contributed by atoms with Crippen LogP contribution in [0.3, 0.4) is 0 Å². The zero-order chi connectivity index (χ0) is 14.1. The summed E-state index contributed by atoms with van der Waals surface area (Å²) in [7, 11) is 1.78. The molecule has 0 radical (unpaired) electrons. The number of benzene rings is 1. The molecule has 1 fully saturated rings. The fourth-order valence-electron chi connectivity index (χ4n) is 2.42. The van der Waals surface area contributed by atoms with Gasteiger partial charge in [0.15, 0.2) is 0 Å². The first-order valence-electron chi connectivity index (χ1n) is 6.50. The van der Waals surface area contributed by atoms with Crippen LogP contribution in [-0.2, 0) is 11.5 Å². The maximum atomic E-state index is 12.8. The second kappa shape index (κ2) is 5.03. The van der Waals surface area contributed by atoms with Crippen molar-refractivity contribution in [1.82, 2.24) is 14.9 Å². The van der Waals surface area contributed by atoms with E-state index in [1.165, 1.54) is 6.33 Å². The first-order chi connectivity index (χ1) is 9.69. The average Bonchev–Trinajstić information content (AvgIpc) is 2.79. The van der Waals surface area contributed by atoms with E-state index >= 15 is 0 Å².